The quantitative estimate of drug-likeness (QED) is 0.794. The summed E-state index contributed by atoms with van der Waals surface area (Å²) in [7, 11) is -3.69. The van der Waals surface area contributed by atoms with Crippen LogP contribution in [0.2, 0.25) is 0 Å². The molecule has 0 saturated heterocycles. The molecule has 1 N–H and O–H groups in total. The third-order valence-corrected chi connectivity index (χ3v) is 5.73. The van der Waals surface area contributed by atoms with Gasteiger partial charge in [-0.05, 0) is 32.9 Å². The Hall–Kier alpha value is -1.93. The summed E-state index contributed by atoms with van der Waals surface area (Å²) < 4.78 is 30.2. The van der Waals surface area contributed by atoms with Crippen molar-refractivity contribution in [2.75, 3.05) is 4.72 Å². The number of sulfonamides is 1. The number of nitrogens with one attached hydrogen (secondary N) is 1. The van der Waals surface area contributed by atoms with Crippen LogP contribution in [0.25, 0.3) is 10.2 Å². The summed E-state index contributed by atoms with van der Waals surface area (Å²) in [4.78, 5) is 4.48. The highest BCUT2D eigenvalue weighted by molar-refractivity contribution is 7.93. The molecule has 2 heterocycles. The zero-order valence-corrected chi connectivity index (χ0v) is 14.1. The van der Waals surface area contributed by atoms with Gasteiger partial charge in [-0.1, -0.05) is 23.5 Å². The van der Waals surface area contributed by atoms with Crippen molar-refractivity contribution in [2.45, 2.75) is 31.7 Å². The van der Waals surface area contributed by atoms with Crippen molar-refractivity contribution in [1.82, 2.24) is 14.8 Å². The number of hydrogen-bond donors (Lipinski definition) is 1. The Morgan fingerprint density at radius 3 is 2.64 bits per heavy atom. The second kappa shape index (κ2) is 5.36. The van der Waals surface area contributed by atoms with E-state index in [4.69, 9.17) is 0 Å². The zero-order chi connectivity index (χ0) is 15.9. The van der Waals surface area contributed by atoms with E-state index in [0.717, 1.165) is 10.2 Å². The fourth-order valence-electron chi connectivity index (χ4n) is 2.08. The van der Waals surface area contributed by atoms with Crippen LogP contribution in [0.4, 0.5) is 5.13 Å². The summed E-state index contributed by atoms with van der Waals surface area (Å²) in [5.74, 6) is 0. The zero-order valence-electron chi connectivity index (χ0n) is 12.4. The third kappa shape index (κ3) is 2.71. The smallest absolute Gasteiger partial charge is 0.267 e. The van der Waals surface area contributed by atoms with Crippen molar-refractivity contribution in [3.63, 3.8) is 0 Å². The highest BCUT2D eigenvalue weighted by Crippen LogP contribution is 2.28. The molecule has 0 amide bonds. The number of hydrogen-bond acceptors (Lipinski definition) is 5. The molecular formula is C14H16N4O2S2. The SMILES string of the molecule is Cc1nn(C(C)C)cc1S(=O)(=O)Nc1nc2ccccc2s1. The lowest BCUT2D eigenvalue weighted by Gasteiger charge is -2.04. The second-order valence-electron chi connectivity index (χ2n) is 5.24. The van der Waals surface area contributed by atoms with Crippen LogP contribution in [-0.2, 0) is 10.0 Å². The van der Waals surface area contributed by atoms with E-state index in [0.29, 0.717) is 10.8 Å². The summed E-state index contributed by atoms with van der Waals surface area (Å²) in [5, 5.41) is 4.60. The summed E-state index contributed by atoms with van der Waals surface area (Å²) in [6, 6.07) is 7.63. The van der Waals surface area contributed by atoms with Gasteiger partial charge in [0.05, 0.1) is 15.9 Å². The lowest BCUT2D eigenvalue weighted by atomic mass is 10.3. The normalized spacial score (nSPS) is 12.2. The molecule has 0 radical (unpaired) electrons. The number of thiazole rings is 1. The van der Waals surface area contributed by atoms with Crippen LogP contribution in [-0.4, -0.2) is 23.2 Å². The van der Waals surface area contributed by atoms with Gasteiger partial charge in [-0.3, -0.25) is 9.40 Å². The van der Waals surface area contributed by atoms with E-state index < -0.39 is 10.0 Å². The Labute approximate surface area is 132 Å². The van der Waals surface area contributed by atoms with Crippen LogP contribution < -0.4 is 4.72 Å². The van der Waals surface area contributed by atoms with Crippen molar-refractivity contribution in [2.24, 2.45) is 0 Å². The standard InChI is InChI=1S/C14H16N4O2S2/c1-9(2)18-8-13(10(3)16-18)22(19,20)17-14-15-11-6-4-5-7-12(11)21-14/h4-9H,1-3H3,(H,15,17). The molecule has 6 nitrogen and oxygen atoms in total. The van der Waals surface area contributed by atoms with E-state index in [1.165, 1.54) is 11.3 Å². The van der Waals surface area contributed by atoms with Gasteiger partial charge in [-0.15, -0.1) is 0 Å². The molecule has 0 unspecified atom stereocenters. The first-order valence-corrected chi connectivity index (χ1v) is 9.11. The number of rotatable bonds is 4. The van der Waals surface area contributed by atoms with Gasteiger partial charge in [0, 0.05) is 12.2 Å². The van der Waals surface area contributed by atoms with Crippen molar-refractivity contribution in [3.8, 4) is 0 Å². The van der Waals surface area contributed by atoms with Gasteiger partial charge in [0.2, 0.25) is 0 Å². The van der Waals surface area contributed by atoms with Gasteiger partial charge in [0.25, 0.3) is 10.0 Å². The molecule has 0 atom stereocenters. The first-order chi connectivity index (χ1) is 10.4. The van der Waals surface area contributed by atoms with Crippen molar-refractivity contribution in [3.05, 3.63) is 36.2 Å². The van der Waals surface area contributed by atoms with E-state index in [9.17, 15) is 8.42 Å². The van der Waals surface area contributed by atoms with Crippen LogP contribution in [0.1, 0.15) is 25.6 Å². The number of aromatic nitrogens is 3. The Kier molecular flexibility index (Phi) is 3.65. The minimum absolute atomic E-state index is 0.102. The lowest BCUT2D eigenvalue weighted by molar-refractivity contribution is 0.528. The van der Waals surface area contributed by atoms with E-state index in [1.807, 2.05) is 38.1 Å². The first kappa shape index (κ1) is 15.0. The summed E-state index contributed by atoms with van der Waals surface area (Å²) in [6.07, 6.45) is 1.55. The average molecular weight is 336 g/mol. The monoisotopic (exact) mass is 336 g/mol. The molecule has 0 aliphatic rings. The van der Waals surface area contributed by atoms with E-state index in [1.54, 1.807) is 17.8 Å². The number of benzene rings is 1. The maximum Gasteiger partial charge on any atom is 0.267 e. The number of para-hydroxylation sites is 1. The topological polar surface area (TPSA) is 76.9 Å². The molecule has 1 aromatic carbocycles. The van der Waals surface area contributed by atoms with Gasteiger partial charge >= 0.3 is 0 Å². The van der Waals surface area contributed by atoms with Crippen LogP contribution in [0.15, 0.2) is 35.4 Å². The average Bonchev–Trinajstić information content (AvgIpc) is 3.01. The molecule has 3 rings (SSSR count). The van der Waals surface area contributed by atoms with Gasteiger partial charge in [-0.25, -0.2) is 13.4 Å². The molecule has 0 saturated carbocycles. The predicted octanol–water partition coefficient (Wildman–Crippen LogP) is 3.18. The van der Waals surface area contributed by atoms with Crippen molar-refractivity contribution in [1.29, 1.82) is 0 Å². The Balaban J connectivity index is 1.96. The molecule has 8 heteroatoms. The van der Waals surface area contributed by atoms with E-state index in [2.05, 4.69) is 14.8 Å². The minimum atomic E-state index is -3.69. The first-order valence-electron chi connectivity index (χ1n) is 6.81. The van der Waals surface area contributed by atoms with Crippen molar-refractivity contribution < 1.29 is 8.42 Å². The number of nitrogens with zero attached hydrogens (tertiary/aromatic N) is 3. The molecule has 0 aliphatic carbocycles. The fraction of sp³-hybridized carbons (Fsp3) is 0.286. The van der Waals surface area contributed by atoms with Gasteiger partial charge in [0.1, 0.15) is 4.90 Å². The fourth-order valence-corrected chi connectivity index (χ4v) is 4.35. The number of aryl methyl sites for hydroxylation is 1. The van der Waals surface area contributed by atoms with Gasteiger partial charge < -0.3 is 0 Å². The molecule has 116 valence electrons. The Morgan fingerprint density at radius 2 is 2.00 bits per heavy atom. The van der Waals surface area contributed by atoms with E-state index in [-0.39, 0.29) is 10.9 Å². The maximum absolute atomic E-state index is 12.5. The van der Waals surface area contributed by atoms with Gasteiger partial charge in [0.15, 0.2) is 5.13 Å². The molecule has 22 heavy (non-hydrogen) atoms. The number of fused-ring (bicyclic) bond motifs is 1. The molecule has 0 spiro atoms. The second-order valence-corrected chi connectivity index (χ2v) is 7.93. The Morgan fingerprint density at radius 1 is 1.27 bits per heavy atom. The largest absolute Gasteiger partial charge is 0.269 e. The lowest BCUT2D eigenvalue weighted by Crippen LogP contribution is -2.13. The van der Waals surface area contributed by atoms with E-state index >= 15 is 0 Å². The molecular weight excluding hydrogens is 320 g/mol. The number of anilines is 1. The van der Waals surface area contributed by atoms with Crippen LogP contribution in [0.5, 0.6) is 0 Å². The third-order valence-electron chi connectivity index (χ3n) is 3.21. The molecule has 2 aromatic heterocycles. The van der Waals surface area contributed by atoms with Gasteiger partial charge in [-0.2, -0.15) is 5.10 Å². The maximum atomic E-state index is 12.5. The Bertz CT molecular complexity index is 892. The molecule has 0 aliphatic heterocycles. The highest BCUT2D eigenvalue weighted by Gasteiger charge is 2.22. The summed E-state index contributed by atoms with van der Waals surface area (Å²) in [5.41, 5.74) is 1.25. The van der Waals surface area contributed by atoms with Crippen molar-refractivity contribution >= 4 is 36.7 Å². The molecule has 0 bridgehead atoms. The minimum Gasteiger partial charge on any atom is -0.269 e. The molecule has 0 fully saturated rings. The summed E-state index contributed by atoms with van der Waals surface area (Å²) in [6.45, 7) is 5.58. The highest BCUT2D eigenvalue weighted by atomic mass is 32.2. The van der Waals surface area contributed by atoms with Crippen LogP contribution in [0.3, 0.4) is 0 Å². The predicted molar refractivity (Wildman–Crippen MR) is 87.8 cm³/mol. The molecule has 3 aromatic rings. The van der Waals surface area contributed by atoms with Crippen LogP contribution in [0, 0.1) is 6.92 Å². The summed E-state index contributed by atoms with van der Waals surface area (Å²) >= 11 is 1.31. The van der Waals surface area contributed by atoms with Crippen LogP contribution >= 0.6 is 11.3 Å².